The van der Waals surface area contributed by atoms with E-state index < -0.39 is 0 Å². The Morgan fingerprint density at radius 3 is 2.29 bits per heavy atom. The second-order valence-corrected chi connectivity index (χ2v) is 4.02. The van der Waals surface area contributed by atoms with Gasteiger partial charge in [0, 0.05) is 6.04 Å². The first-order chi connectivity index (χ1) is 6.61. The zero-order valence-corrected chi connectivity index (χ0v) is 9.20. The Labute approximate surface area is 86.6 Å². The fourth-order valence-electron chi connectivity index (χ4n) is 1.51. The third-order valence-electron chi connectivity index (χ3n) is 2.43. The Kier molecular flexibility index (Phi) is 3.90. The lowest BCUT2D eigenvalue weighted by molar-refractivity contribution is 0.660. The molecule has 0 aliphatic rings. The monoisotopic (exact) mass is 189 g/mol. The summed E-state index contributed by atoms with van der Waals surface area (Å²) in [4.78, 5) is 0. The van der Waals surface area contributed by atoms with Gasteiger partial charge in [0.2, 0.25) is 0 Å². The molecule has 0 aliphatic carbocycles. The molecule has 0 heterocycles. The smallest absolute Gasteiger partial charge is 0.0293 e. The minimum Gasteiger partial charge on any atom is -0.324 e. The number of allylic oxidation sites excluding steroid dienone is 1. The molecule has 0 amide bonds. The van der Waals surface area contributed by atoms with Crippen LogP contribution in [-0.2, 0) is 0 Å². The van der Waals surface area contributed by atoms with Crippen molar-refractivity contribution >= 4 is 0 Å². The van der Waals surface area contributed by atoms with Crippen LogP contribution in [0.4, 0.5) is 0 Å². The van der Waals surface area contributed by atoms with Gasteiger partial charge in [-0.05, 0) is 25.3 Å². The van der Waals surface area contributed by atoms with Crippen LogP contribution in [0.3, 0.4) is 0 Å². The second kappa shape index (κ2) is 4.97. The normalized spacial score (nSPS) is 14.6. The molecule has 0 spiro atoms. The fraction of sp³-hybridized carbons (Fsp3) is 0.385. The molecule has 2 unspecified atom stereocenters. The van der Waals surface area contributed by atoms with Gasteiger partial charge in [0.1, 0.15) is 0 Å². The van der Waals surface area contributed by atoms with Gasteiger partial charge in [-0.15, -0.1) is 0 Å². The van der Waals surface area contributed by atoms with E-state index in [2.05, 4.69) is 51.1 Å². The van der Waals surface area contributed by atoms with E-state index in [1.165, 1.54) is 11.1 Å². The van der Waals surface area contributed by atoms with Gasteiger partial charge in [-0.25, -0.2) is 0 Å². The number of hydrogen-bond acceptors (Lipinski definition) is 1. The largest absolute Gasteiger partial charge is 0.324 e. The van der Waals surface area contributed by atoms with Crippen LogP contribution in [0.25, 0.3) is 0 Å². The highest BCUT2D eigenvalue weighted by Gasteiger charge is 2.11. The van der Waals surface area contributed by atoms with Crippen LogP contribution < -0.4 is 5.73 Å². The average Bonchev–Trinajstić information content (AvgIpc) is 2.17. The highest BCUT2D eigenvalue weighted by Crippen LogP contribution is 2.18. The van der Waals surface area contributed by atoms with Crippen LogP contribution in [0.1, 0.15) is 32.3 Å². The molecule has 76 valence electrons. The Morgan fingerprint density at radius 2 is 1.79 bits per heavy atom. The quantitative estimate of drug-likeness (QED) is 0.726. The van der Waals surface area contributed by atoms with E-state index in [0.29, 0.717) is 5.92 Å². The van der Waals surface area contributed by atoms with Crippen LogP contribution in [-0.4, -0.2) is 6.04 Å². The lowest BCUT2D eigenvalue weighted by Gasteiger charge is -2.17. The Bertz CT molecular complexity index is 296. The Hall–Kier alpha value is -1.08. The lowest BCUT2D eigenvalue weighted by atomic mass is 9.93. The minimum atomic E-state index is 0.113. The molecule has 1 aromatic rings. The molecular weight excluding hydrogens is 170 g/mol. The predicted molar refractivity (Wildman–Crippen MR) is 62.3 cm³/mol. The van der Waals surface area contributed by atoms with Crippen LogP contribution >= 0.6 is 0 Å². The molecule has 1 aromatic carbocycles. The van der Waals surface area contributed by atoms with Gasteiger partial charge in [-0.1, -0.05) is 48.9 Å². The third kappa shape index (κ3) is 3.00. The van der Waals surface area contributed by atoms with Gasteiger partial charge in [-0.3, -0.25) is 0 Å². The predicted octanol–water partition coefficient (Wildman–Crippen LogP) is 3.08. The number of rotatable bonds is 3. The summed E-state index contributed by atoms with van der Waals surface area (Å²) in [5.41, 5.74) is 8.66. The number of hydrogen-bond donors (Lipinski definition) is 1. The Balaban J connectivity index is 2.76. The maximum atomic E-state index is 6.07. The van der Waals surface area contributed by atoms with Gasteiger partial charge >= 0.3 is 0 Å². The van der Waals surface area contributed by atoms with Crippen molar-refractivity contribution in [3.8, 4) is 0 Å². The van der Waals surface area contributed by atoms with E-state index in [-0.39, 0.29) is 6.04 Å². The molecule has 0 saturated heterocycles. The van der Waals surface area contributed by atoms with Crippen molar-refractivity contribution < 1.29 is 0 Å². The summed E-state index contributed by atoms with van der Waals surface area (Å²) in [7, 11) is 0. The van der Waals surface area contributed by atoms with Crippen LogP contribution in [0.15, 0.2) is 42.0 Å². The van der Waals surface area contributed by atoms with Crippen molar-refractivity contribution in [2.75, 3.05) is 0 Å². The lowest BCUT2D eigenvalue weighted by Crippen LogP contribution is -2.24. The summed E-state index contributed by atoms with van der Waals surface area (Å²) >= 11 is 0. The first-order valence-corrected chi connectivity index (χ1v) is 5.07. The molecule has 1 nitrogen and oxygen atoms in total. The van der Waals surface area contributed by atoms with E-state index in [9.17, 15) is 0 Å². The molecule has 14 heavy (non-hydrogen) atoms. The number of nitrogens with two attached hydrogens (primary N) is 1. The molecule has 0 bridgehead atoms. The van der Waals surface area contributed by atoms with Crippen molar-refractivity contribution in [2.45, 2.75) is 32.7 Å². The van der Waals surface area contributed by atoms with Crippen molar-refractivity contribution in [1.82, 2.24) is 0 Å². The zero-order chi connectivity index (χ0) is 10.6. The van der Waals surface area contributed by atoms with Gasteiger partial charge in [0.25, 0.3) is 0 Å². The molecule has 0 aromatic heterocycles. The molecule has 2 N–H and O–H groups in total. The first kappa shape index (κ1) is 11.0. The summed E-state index contributed by atoms with van der Waals surface area (Å²) in [6.07, 6.45) is 2.12. The van der Waals surface area contributed by atoms with Gasteiger partial charge in [0.15, 0.2) is 0 Å². The van der Waals surface area contributed by atoms with Crippen molar-refractivity contribution in [3.05, 3.63) is 47.5 Å². The Morgan fingerprint density at radius 1 is 1.21 bits per heavy atom. The van der Waals surface area contributed by atoms with E-state index in [4.69, 9.17) is 5.73 Å². The molecular formula is C13H19N. The highest BCUT2D eigenvalue weighted by atomic mass is 14.6. The van der Waals surface area contributed by atoms with Crippen molar-refractivity contribution in [2.24, 2.45) is 5.73 Å². The van der Waals surface area contributed by atoms with E-state index in [1.807, 2.05) is 6.07 Å². The fourth-order valence-corrected chi connectivity index (χ4v) is 1.51. The van der Waals surface area contributed by atoms with Crippen molar-refractivity contribution in [3.63, 3.8) is 0 Å². The van der Waals surface area contributed by atoms with Gasteiger partial charge in [-0.2, -0.15) is 0 Å². The van der Waals surface area contributed by atoms with E-state index in [1.54, 1.807) is 0 Å². The van der Waals surface area contributed by atoms with Gasteiger partial charge < -0.3 is 5.73 Å². The van der Waals surface area contributed by atoms with E-state index in [0.717, 1.165) is 0 Å². The van der Waals surface area contributed by atoms with E-state index >= 15 is 0 Å². The van der Waals surface area contributed by atoms with Crippen molar-refractivity contribution in [1.29, 1.82) is 0 Å². The summed E-state index contributed by atoms with van der Waals surface area (Å²) in [5.74, 6) is 0.381. The molecule has 0 radical (unpaired) electrons. The summed E-state index contributed by atoms with van der Waals surface area (Å²) in [6, 6.07) is 10.5. The van der Waals surface area contributed by atoms with Gasteiger partial charge in [0.05, 0.1) is 0 Å². The zero-order valence-electron chi connectivity index (χ0n) is 9.20. The van der Waals surface area contributed by atoms with Crippen LogP contribution in [0.5, 0.6) is 0 Å². The highest BCUT2D eigenvalue weighted by molar-refractivity contribution is 5.22. The molecule has 1 rings (SSSR count). The summed E-state index contributed by atoms with van der Waals surface area (Å²) in [5, 5.41) is 0. The maximum absolute atomic E-state index is 6.07. The molecule has 0 saturated carbocycles. The average molecular weight is 189 g/mol. The second-order valence-electron chi connectivity index (χ2n) is 4.02. The maximum Gasteiger partial charge on any atom is 0.0293 e. The summed E-state index contributed by atoms with van der Waals surface area (Å²) < 4.78 is 0. The molecule has 0 fully saturated rings. The molecule has 1 heteroatoms. The standard InChI is InChI=1S/C13H19N/c1-10(2)9-13(14)11(3)12-7-5-4-6-8-12/h4-9,11,13H,14H2,1-3H3. The minimum absolute atomic E-state index is 0.113. The van der Waals surface area contributed by atoms with Crippen LogP contribution in [0, 0.1) is 0 Å². The number of benzene rings is 1. The third-order valence-corrected chi connectivity index (χ3v) is 2.43. The first-order valence-electron chi connectivity index (χ1n) is 5.07. The topological polar surface area (TPSA) is 26.0 Å². The van der Waals surface area contributed by atoms with Crippen LogP contribution in [0.2, 0.25) is 0 Å². The molecule has 2 atom stereocenters. The summed E-state index contributed by atoms with van der Waals surface area (Å²) in [6.45, 7) is 6.33. The molecule has 0 aliphatic heterocycles. The SMILES string of the molecule is CC(C)=CC(N)C(C)c1ccccc1.